The summed E-state index contributed by atoms with van der Waals surface area (Å²) in [7, 11) is -1.30. The fraction of sp³-hybridized carbons (Fsp3) is 0.0714. The highest BCUT2D eigenvalue weighted by Crippen LogP contribution is 2.38. The zero-order valence-electron chi connectivity index (χ0n) is 11.8. The van der Waals surface area contributed by atoms with Crippen LogP contribution >= 0.6 is 22.9 Å². The molecule has 1 atom stereocenters. The molecule has 23 heavy (non-hydrogen) atoms. The molecule has 0 saturated heterocycles. The molecule has 5 nitrogen and oxygen atoms in total. The summed E-state index contributed by atoms with van der Waals surface area (Å²) in [6.45, 7) is 0. The minimum Gasteiger partial charge on any atom is -0.375 e. The van der Waals surface area contributed by atoms with Crippen molar-refractivity contribution in [1.29, 1.82) is 0 Å². The first kappa shape index (κ1) is 16.0. The van der Waals surface area contributed by atoms with Gasteiger partial charge in [0.2, 0.25) is 5.16 Å². The molecule has 0 aliphatic carbocycles. The molecule has 0 aliphatic heterocycles. The van der Waals surface area contributed by atoms with Gasteiger partial charge in [-0.25, -0.2) is 19.3 Å². The van der Waals surface area contributed by atoms with E-state index >= 15 is 0 Å². The van der Waals surface area contributed by atoms with Gasteiger partial charge < -0.3 is 5.73 Å². The van der Waals surface area contributed by atoms with Crippen molar-refractivity contribution in [2.45, 2.75) is 5.16 Å². The predicted octanol–water partition coefficient (Wildman–Crippen LogP) is 3.38. The van der Waals surface area contributed by atoms with E-state index in [0.29, 0.717) is 27.0 Å². The Morgan fingerprint density at radius 1 is 1.30 bits per heavy atom. The van der Waals surface area contributed by atoms with Crippen LogP contribution in [0.25, 0.3) is 21.8 Å². The van der Waals surface area contributed by atoms with E-state index in [9.17, 15) is 8.60 Å². The fourth-order valence-electron chi connectivity index (χ4n) is 1.96. The SMILES string of the molecule is CS(=O)c1nccc(-c2sc(N)nc2-c2ccc(F)c(Cl)c2)n1. The number of nitrogens with two attached hydrogens (primary N) is 1. The van der Waals surface area contributed by atoms with E-state index in [1.165, 1.54) is 35.9 Å². The maximum Gasteiger partial charge on any atom is 0.218 e. The summed E-state index contributed by atoms with van der Waals surface area (Å²) >= 11 is 7.07. The predicted molar refractivity (Wildman–Crippen MR) is 90.3 cm³/mol. The van der Waals surface area contributed by atoms with Gasteiger partial charge in [-0.2, -0.15) is 0 Å². The van der Waals surface area contributed by atoms with E-state index < -0.39 is 16.6 Å². The third-order valence-electron chi connectivity index (χ3n) is 2.96. The molecule has 2 heterocycles. The van der Waals surface area contributed by atoms with E-state index in [-0.39, 0.29) is 10.2 Å². The summed E-state index contributed by atoms with van der Waals surface area (Å²) in [6.07, 6.45) is 3.03. The average Bonchev–Trinajstić information content (AvgIpc) is 2.92. The Labute approximate surface area is 142 Å². The normalized spacial score (nSPS) is 12.3. The molecule has 0 aliphatic rings. The number of anilines is 1. The number of thiazole rings is 1. The topological polar surface area (TPSA) is 81.8 Å². The van der Waals surface area contributed by atoms with E-state index in [0.717, 1.165) is 0 Å². The van der Waals surface area contributed by atoms with Crippen LogP contribution in [0.3, 0.4) is 0 Å². The van der Waals surface area contributed by atoms with Crippen molar-refractivity contribution in [1.82, 2.24) is 15.0 Å². The first-order valence-electron chi connectivity index (χ1n) is 6.34. The van der Waals surface area contributed by atoms with Crippen LogP contribution in [0.4, 0.5) is 9.52 Å². The van der Waals surface area contributed by atoms with Crippen LogP contribution in [-0.2, 0) is 10.8 Å². The average molecular weight is 369 g/mol. The van der Waals surface area contributed by atoms with Crippen molar-refractivity contribution < 1.29 is 8.60 Å². The number of rotatable bonds is 3. The number of benzene rings is 1. The second kappa shape index (κ2) is 6.31. The monoisotopic (exact) mass is 368 g/mol. The van der Waals surface area contributed by atoms with Gasteiger partial charge in [-0.05, 0) is 24.3 Å². The standard InChI is InChI=1S/C14H10ClFN4OS2/c1-23(21)14-18-5-4-10(19-14)12-11(20-13(17)22-12)7-2-3-9(16)8(15)6-7/h2-6H,1H3,(H2,17,20). The van der Waals surface area contributed by atoms with E-state index in [2.05, 4.69) is 15.0 Å². The van der Waals surface area contributed by atoms with Gasteiger partial charge in [0, 0.05) is 18.0 Å². The molecule has 9 heteroatoms. The van der Waals surface area contributed by atoms with Gasteiger partial charge in [0.05, 0.1) is 32.1 Å². The fourth-order valence-corrected chi connectivity index (χ4v) is 3.40. The number of nitrogens with zero attached hydrogens (tertiary/aromatic N) is 3. The zero-order chi connectivity index (χ0) is 16.6. The summed E-state index contributed by atoms with van der Waals surface area (Å²) in [5, 5.41) is 0.559. The highest BCUT2D eigenvalue weighted by atomic mass is 35.5. The highest BCUT2D eigenvalue weighted by molar-refractivity contribution is 7.84. The van der Waals surface area contributed by atoms with Crippen LogP contribution in [0.1, 0.15) is 0 Å². The van der Waals surface area contributed by atoms with Gasteiger partial charge in [0.25, 0.3) is 0 Å². The van der Waals surface area contributed by atoms with E-state index in [1.807, 2.05) is 0 Å². The first-order valence-corrected chi connectivity index (χ1v) is 9.09. The summed E-state index contributed by atoms with van der Waals surface area (Å²) < 4.78 is 24.9. The van der Waals surface area contributed by atoms with Gasteiger partial charge in [0.1, 0.15) is 5.82 Å². The molecule has 3 rings (SSSR count). The van der Waals surface area contributed by atoms with E-state index in [4.69, 9.17) is 17.3 Å². The molecular formula is C14H10ClFN4OS2. The molecule has 3 aromatic rings. The van der Waals surface area contributed by atoms with Crippen LogP contribution in [0.15, 0.2) is 35.6 Å². The Kier molecular flexibility index (Phi) is 4.38. The Morgan fingerprint density at radius 2 is 2.09 bits per heavy atom. The van der Waals surface area contributed by atoms with Gasteiger partial charge in [0.15, 0.2) is 5.13 Å². The Bertz CT molecular complexity index is 916. The van der Waals surface area contributed by atoms with Crippen LogP contribution in [0.5, 0.6) is 0 Å². The molecule has 0 saturated carbocycles. The van der Waals surface area contributed by atoms with Crippen LogP contribution in [-0.4, -0.2) is 25.4 Å². The van der Waals surface area contributed by atoms with Crippen LogP contribution in [0, 0.1) is 5.82 Å². The maximum atomic E-state index is 13.4. The number of hydrogen-bond donors (Lipinski definition) is 1. The molecular weight excluding hydrogens is 359 g/mol. The molecule has 1 unspecified atom stereocenters. The van der Waals surface area contributed by atoms with Crippen molar-refractivity contribution in [3.63, 3.8) is 0 Å². The molecule has 0 amide bonds. The van der Waals surface area contributed by atoms with Crippen LogP contribution in [0.2, 0.25) is 5.02 Å². The van der Waals surface area contributed by atoms with Crippen molar-refractivity contribution in [3.8, 4) is 21.8 Å². The summed E-state index contributed by atoms with van der Waals surface area (Å²) in [4.78, 5) is 13.2. The number of nitrogen functional groups attached to an aromatic ring is 1. The molecule has 2 aromatic heterocycles. The van der Waals surface area contributed by atoms with Gasteiger partial charge in [-0.1, -0.05) is 22.9 Å². The first-order chi connectivity index (χ1) is 11.0. The number of aromatic nitrogens is 3. The lowest BCUT2D eigenvalue weighted by Gasteiger charge is -2.04. The Balaban J connectivity index is 2.16. The van der Waals surface area contributed by atoms with Crippen molar-refractivity contribution in [2.75, 3.05) is 12.0 Å². The Morgan fingerprint density at radius 3 is 2.78 bits per heavy atom. The largest absolute Gasteiger partial charge is 0.375 e. The molecule has 0 bridgehead atoms. The maximum absolute atomic E-state index is 13.4. The lowest BCUT2D eigenvalue weighted by molar-refractivity contribution is 0.628. The smallest absolute Gasteiger partial charge is 0.218 e. The second-order valence-electron chi connectivity index (χ2n) is 4.54. The third-order valence-corrected chi connectivity index (χ3v) is 4.87. The highest BCUT2D eigenvalue weighted by Gasteiger charge is 2.17. The number of halogens is 2. The molecule has 0 radical (unpaired) electrons. The lowest BCUT2D eigenvalue weighted by atomic mass is 10.1. The molecule has 2 N–H and O–H groups in total. The van der Waals surface area contributed by atoms with E-state index in [1.54, 1.807) is 12.1 Å². The molecule has 1 aromatic carbocycles. The van der Waals surface area contributed by atoms with Crippen molar-refractivity contribution in [2.24, 2.45) is 0 Å². The quantitative estimate of drug-likeness (QED) is 0.716. The van der Waals surface area contributed by atoms with Crippen molar-refractivity contribution >= 4 is 38.9 Å². The summed E-state index contributed by atoms with van der Waals surface area (Å²) in [5.41, 5.74) is 7.53. The minimum atomic E-state index is -1.30. The summed E-state index contributed by atoms with van der Waals surface area (Å²) in [5.74, 6) is -0.508. The molecule has 0 spiro atoms. The second-order valence-corrected chi connectivity index (χ2v) is 7.25. The van der Waals surface area contributed by atoms with Crippen molar-refractivity contribution in [3.05, 3.63) is 41.3 Å². The van der Waals surface area contributed by atoms with Gasteiger partial charge in [-0.15, -0.1) is 0 Å². The number of hydrogen-bond acceptors (Lipinski definition) is 6. The molecule has 0 fully saturated rings. The van der Waals surface area contributed by atoms with Gasteiger partial charge in [-0.3, -0.25) is 4.21 Å². The minimum absolute atomic E-state index is 0.00180. The zero-order valence-corrected chi connectivity index (χ0v) is 14.2. The third kappa shape index (κ3) is 3.24. The summed E-state index contributed by atoms with van der Waals surface area (Å²) in [6, 6.07) is 6.00. The van der Waals surface area contributed by atoms with Crippen LogP contribution < -0.4 is 5.73 Å². The lowest BCUT2D eigenvalue weighted by Crippen LogP contribution is -1.97. The Hall–Kier alpha value is -1.90. The molecule has 118 valence electrons. The van der Waals surface area contributed by atoms with Gasteiger partial charge >= 0.3 is 0 Å².